The molecule has 2 N–H and O–H groups in total. The minimum Gasteiger partial charge on any atom is -0.484 e. The molecule has 1 aromatic rings. The molecule has 0 spiro atoms. The molecule has 0 saturated carbocycles. The molecule has 0 aromatic heterocycles. The summed E-state index contributed by atoms with van der Waals surface area (Å²) in [6.07, 6.45) is 0. The lowest BCUT2D eigenvalue weighted by atomic mass is 10.0. The molecule has 0 radical (unpaired) electrons. The van der Waals surface area contributed by atoms with Crippen molar-refractivity contribution in [2.24, 2.45) is 0 Å². The van der Waals surface area contributed by atoms with Gasteiger partial charge in [0.15, 0.2) is 6.61 Å². The normalized spacial score (nSPS) is 11.7. The Morgan fingerprint density at radius 3 is 2.48 bits per heavy atom. The van der Waals surface area contributed by atoms with Gasteiger partial charge in [-0.1, -0.05) is 26.0 Å². The summed E-state index contributed by atoms with van der Waals surface area (Å²) in [4.78, 5) is 35.7. The first kappa shape index (κ1) is 20.5. The second-order valence-corrected chi connectivity index (χ2v) is 6.10. The predicted octanol–water partition coefficient (Wildman–Crippen LogP) is 1.63. The Morgan fingerprint density at radius 1 is 1.24 bits per heavy atom. The molecule has 1 rings (SSSR count). The average molecular weight is 350 g/mol. The number of carboxylic acid groups (broad SMARTS) is 1. The minimum atomic E-state index is -1.11. The average Bonchev–Trinajstić information content (AvgIpc) is 2.56. The lowest BCUT2D eigenvalue weighted by Gasteiger charge is -2.26. The molecule has 7 heteroatoms. The number of amides is 2. The van der Waals surface area contributed by atoms with E-state index in [9.17, 15) is 19.5 Å². The Morgan fingerprint density at radius 2 is 1.92 bits per heavy atom. The molecule has 0 aliphatic heterocycles. The van der Waals surface area contributed by atoms with Crippen molar-refractivity contribution in [2.75, 3.05) is 19.7 Å². The van der Waals surface area contributed by atoms with Crippen LogP contribution in [0.25, 0.3) is 0 Å². The fraction of sp³-hybridized carbons (Fsp3) is 0.500. The highest BCUT2D eigenvalue weighted by atomic mass is 16.5. The first-order chi connectivity index (χ1) is 11.7. The smallest absolute Gasteiger partial charge is 0.326 e. The molecule has 0 heterocycles. The second-order valence-electron chi connectivity index (χ2n) is 6.10. The number of aliphatic carboxylic acids is 1. The molecule has 0 aliphatic rings. The van der Waals surface area contributed by atoms with Crippen molar-refractivity contribution < 1.29 is 24.2 Å². The molecular formula is C18H26N2O5. The maximum Gasteiger partial charge on any atom is 0.326 e. The first-order valence-corrected chi connectivity index (χ1v) is 8.21. The standard InChI is InChI=1S/C18H26N2O5/c1-12(2)15-6-5-7-16(10-15)25-11-17(22)20(13(3)18(23)24)9-8-19-14(4)21/h5-7,10,12-13H,8-9,11H2,1-4H3,(H,19,21)(H,23,24). The Kier molecular flexibility index (Phi) is 7.91. The summed E-state index contributed by atoms with van der Waals surface area (Å²) in [6.45, 7) is 6.91. The molecule has 2 amide bonds. The van der Waals surface area contributed by atoms with Crippen LogP contribution in [-0.4, -0.2) is 53.5 Å². The molecule has 0 bridgehead atoms. The third-order valence-electron chi connectivity index (χ3n) is 3.76. The molecule has 0 fully saturated rings. The first-order valence-electron chi connectivity index (χ1n) is 8.21. The van der Waals surface area contributed by atoms with Crippen LogP contribution in [0.5, 0.6) is 5.75 Å². The lowest BCUT2D eigenvalue weighted by molar-refractivity contribution is -0.150. The zero-order valence-corrected chi connectivity index (χ0v) is 15.1. The Bertz CT molecular complexity index is 615. The highest BCUT2D eigenvalue weighted by Crippen LogP contribution is 2.20. The Balaban J connectivity index is 2.72. The maximum absolute atomic E-state index is 12.4. The number of nitrogens with zero attached hydrogens (tertiary/aromatic N) is 1. The van der Waals surface area contributed by atoms with Gasteiger partial charge >= 0.3 is 5.97 Å². The summed E-state index contributed by atoms with van der Waals surface area (Å²) in [7, 11) is 0. The second kappa shape index (κ2) is 9.66. The van der Waals surface area contributed by atoms with Gasteiger partial charge < -0.3 is 20.1 Å². The molecule has 1 unspecified atom stereocenters. The third-order valence-corrected chi connectivity index (χ3v) is 3.76. The van der Waals surface area contributed by atoms with Gasteiger partial charge in [-0.05, 0) is 30.5 Å². The summed E-state index contributed by atoms with van der Waals surface area (Å²) in [6, 6.07) is 6.43. The van der Waals surface area contributed by atoms with Crippen LogP contribution in [0.2, 0.25) is 0 Å². The molecule has 1 atom stereocenters. The molecular weight excluding hydrogens is 324 g/mol. The zero-order valence-electron chi connectivity index (χ0n) is 15.1. The molecule has 7 nitrogen and oxygen atoms in total. The van der Waals surface area contributed by atoms with Crippen molar-refractivity contribution in [3.05, 3.63) is 29.8 Å². The van der Waals surface area contributed by atoms with Crippen molar-refractivity contribution in [1.29, 1.82) is 0 Å². The van der Waals surface area contributed by atoms with Gasteiger partial charge in [-0.25, -0.2) is 4.79 Å². The van der Waals surface area contributed by atoms with E-state index in [0.717, 1.165) is 5.56 Å². The van der Waals surface area contributed by atoms with Crippen LogP contribution in [0.15, 0.2) is 24.3 Å². The van der Waals surface area contributed by atoms with E-state index in [1.54, 1.807) is 6.07 Å². The van der Waals surface area contributed by atoms with Crippen LogP contribution in [0.1, 0.15) is 39.2 Å². The third kappa shape index (κ3) is 6.82. The minimum absolute atomic E-state index is 0.0985. The van der Waals surface area contributed by atoms with Crippen molar-refractivity contribution in [2.45, 2.75) is 39.7 Å². The summed E-state index contributed by atoms with van der Waals surface area (Å²) in [5.74, 6) is -0.907. The number of nitrogens with one attached hydrogen (secondary N) is 1. The SMILES string of the molecule is CC(=O)NCCN(C(=O)COc1cccc(C(C)C)c1)C(C)C(=O)O. The summed E-state index contributed by atoms with van der Waals surface area (Å²) in [5.41, 5.74) is 1.09. The van der Waals surface area contributed by atoms with Gasteiger partial charge in [0.1, 0.15) is 11.8 Å². The number of carboxylic acids is 1. The molecule has 0 saturated heterocycles. The van der Waals surface area contributed by atoms with Gasteiger partial charge in [-0.2, -0.15) is 0 Å². The van der Waals surface area contributed by atoms with Gasteiger partial charge in [0, 0.05) is 20.0 Å². The van der Waals surface area contributed by atoms with Crippen molar-refractivity contribution in [3.8, 4) is 5.75 Å². The van der Waals surface area contributed by atoms with E-state index < -0.39 is 17.9 Å². The van der Waals surface area contributed by atoms with Crippen LogP contribution >= 0.6 is 0 Å². The van der Waals surface area contributed by atoms with E-state index in [4.69, 9.17) is 4.74 Å². The maximum atomic E-state index is 12.4. The molecule has 25 heavy (non-hydrogen) atoms. The van der Waals surface area contributed by atoms with Crippen LogP contribution in [-0.2, 0) is 14.4 Å². The number of carbonyl (C=O) groups excluding carboxylic acids is 2. The fourth-order valence-electron chi connectivity index (χ4n) is 2.21. The molecule has 0 aliphatic carbocycles. The zero-order chi connectivity index (χ0) is 19.0. The van der Waals surface area contributed by atoms with Gasteiger partial charge in [-0.15, -0.1) is 0 Å². The summed E-state index contributed by atoms with van der Waals surface area (Å²) in [5, 5.41) is 11.7. The predicted molar refractivity (Wildman–Crippen MR) is 93.5 cm³/mol. The molecule has 1 aromatic carbocycles. The quantitative estimate of drug-likeness (QED) is 0.706. The topological polar surface area (TPSA) is 95.9 Å². The van der Waals surface area contributed by atoms with Gasteiger partial charge in [0.25, 0.3) is 5.91 Å². The monoisotopic (exact) mass is 350 g/mol. The van der Waals surface area contributed by atoms with E-state index in [2.05, 4.69) is 19.2 Å². The number of hydrogen-bond acceptors (Lipinski definition) is 4. The highest BCUT2D eigenvalue weighted by molar-refractivity contribution is 5.84. The van der Waals surface area contributed by atoms with E-state index >= 15 is 0 Å². The van der Waals surface area contributed by atoms with Crippen LogP contribution in [0.4, 0.5) is 0 Å². The molecule has 138 valence electrons. The van der Waals surface area contributed by atoms with Crippen molar-refractivity contribution in [1.82, 2.24) is 10.2 Å². The highest BCUT2D eigenvalue weighted by Gasteiger charge is 2.25. The van der Waals surface area contributed by atoms with Gasteiger partial charge in [0.2, 0.25) is 5.91 Å². The van der Waals surface area contributed by atoms with Gasteiger partial charge in [-0.3, -0.25) is 9.59 Å². The van der Waals surface area contributed by atoms with E-state index in [0.29, 0.717) is 11.7 Å². The number of hydrogen-bond donors (Lipinski definition) is 2. The van der Waals surface area contributed by atoms with Gasteiger partial charge in [0.05, 0.1) is 0 Å². The van der Waals surface area contributed by atoms with Crippen LogP contribution in [0, 0.1) is 0 Å². The Hall–Kier alpha value is -2.57. The van der Waals surface area contributed by atoms with Crippen LogP contribution in [0.3, 0.4) is 0 Å². The number of benzene rings is 1. The number of carbonyl (C=O) groups is 3. The summed E-state index contributed by atoms with van der Waals surface area (Å²) < 4.78 is 5.53. The lowest BCUT2D eigenvalue weighted by Crippen LogP contribution is -2.48. The summed E-state index contributed by atoms with van der Waals surface area (Å²) >= 11 is 0. The Labute approximate surface area is 148 Å². The van der Waals surface area contributed by atoms with Crippen molar-refractivity contribution >= 4 is 17.8 Å². The van der Waals surface area contributed by atoms with E-state index in [-0.39, 0.29) is 25.6 Å². The van der Waals surface area contributed by atoms with Crippen LogP contribution < -0.4 is 10.1 Å². The van der Waals surface area contributed by atoms with E-state index in [1.165, 1.54) is 18.7 Å². The number of rotatable bonds is 9. The largest absolute Gasteiger partial charge is 0.484 e. The number of ether oxygens (including phenoxy) is 1. The van der Waals surface area contributed by atoms with Crippen molar-refractivity contribution in [3.63, 3.8) is 0 Å². The fourth-order valence-corrected chi connectivity index (χ4v) is 2.21. The van der Waals surface area contributed by atoms with E-state index in [1.807, 2.05) is 18.2 Å².